The SMILES string of the molecule is C=C/C(=C1\C(=C)C=CCC1C)c1cccc(-c2cccc(N(c3ccc(-c4ccc(C5=CCCC=C5)cc4)cc3)c3ccc4c(c3)CC3=C4C=CCC3C)c2)c1. The van der Waals surface area contributed by atoms with Crippen LogP contribution in [0.4, 0.5) is 17.1 Å². The lowest BCUT2D eigenvalue weighted by Crippen LogP contribution is -2.10. The lowest BCUT2D eigenvalue weighted by Gasteiger charge is -2.27. The van der Waals surface area contributed by atoms with Crippen molar-refractivity contribution in [2.24, 2.45) is 11.8 Å². The van der Waals surface area contributed by atoms with Crippen LogP contribution in [0.25, 0.3) is 39.0 Å². The Morgan fingerprint density at radius 2 is 1.30 bits per heavy atom. The zero-order valence-corrected chi connectivity index (χ0v) is 32.6. The van der Waals surface area contributed by atoms with Crippen LogP contribution in [0.15, 0.2) is 194 Å². The largest absolute Gasteiger partial charge is 0.310 e. The van der Waals surface area contributed by atoms with Gasteiger partial charge in [-0.15, -0.1) is 0 Å². The van der Waals surface area contributed by atoms with Crippen LogP contribution in [-0.4, -0.2) is 0 Å². The van der Waals surface area contributed by atoms with Gasteiger partial charge >= 0.3 is 0 Å². The third-order valence-corrected chi connectivity index (χ3v) is 12.2. The van der Waals surface area contributed by atoms with Crippen LogP contribution in [0.2, 0.25) is 0 Å². The van der Waals surface area contributed by atoms with Crippen LogP contribution in [0.3, 0.4) is 0 Å². The highest BCUT2D eigenvalue weighted by molar-refractivity contribution is 5.88. The standard InChI is InChI=1S/C55H49N/c1-5-51(55-38(3)14-9-15-39(55)4)46-20-11-18-44(33-46)45-19-12-21-49(34-45)56(50-31-32-52-47(35-50)36-54-37(2)13-10-22-53(52)54)48-29-27-43(28-30-48)42-25-23-41(24-26-42)40-16-7-6-8-17-40/h5,7,9-12,14,16-35,37,39H,1,3,6,8,13,15,36H2,2,4H3/b55-51-. The number of nitrogens with zero attached hydrogens (tertiary/aromatic N) is 1. The van der Waals surface area contributed by atoms with Crippen molar-refractivity contribution >= 4 is 33.8 Å². The molecule has 0 saturated carbocycles. The summed E-state index contributed by atoms with van der Waals surface area (Å²) in [6, 6.07) is 43.1. The van der Waals surface area contributed by atoms with E-state index in [-0.39, 0.29) is 0 Å². The summed E-state index contributed by atoms with van der Waals surface area (Å²) in [4.78, 5) is 2.43. The van der Waals surface area contributed by atoms with Crippen LogP contribution in [0, 0.1) is 11.8 Å². The summed E-state index contributed by atoms with van der Waals surface area (Å²) in [6.07, 6.45) is 23.4. The molecule has 274 valence electrons. The van der Waals surface area contributed by atoms with Gasteiger partial charge in [-0.3, -0.25) is 0 Å². The van der Waals surface area contributed by atoms with Gasteiger partial charge in [-0.2, -0.15) is 0 Å². The minimum absolute atomic E-state index is 0.399. The van der Waals surface area contributed by atoms with Crippen molar-refractivity contribution < 1.29 is 0 Å². The second kappa shape index (κ2) is 15.2. The van der Waals surface area contributed by atoms with E-state index < -0.39 is 0 Å². The Morgan fingerprint density at radius 1 is 0.625 bits per heavy atom. The van der Waals surface area contributed by atoms with Crippen molar-refractivity contribution in [2.75, 3.05) is 4.90 Å². The Balaban J connectivity index is 1.09. The second-order valence-corrected chi connectivity index (χ2v) is 15.8. The van der Waals surface area contributed by atoms with Crippen LogP contribution in [0.1, 0.15) is 61.8 Å². The lowest BCUT2D eigenvalue weighted by molar-refractivity contribution is 0.677. The molecular formula is C55H49N. The van der Waals surface area contributed by atoms with Crippen LogP contribution in [0.5, 0.6) is 0 Å². The van der Waals surface area contributed by atoms with E-state index in [0.717, 1.165) is 49.1 Å². The van der Waals surface area contributed by atoms with Crippen molar-refractivity contribution in [3.05, 3.63) is 216 Å². The number of hydrogen-bond acceptors (Lipinski definition) is 1. The number of rotatable bonds is 8. The number of anilines is 3. The molecule has 2 unspecified atom stereocenters. The fraction of sp³-hybridized carbons (Fsp3) is 0.164. The molecule has 9 rings (SSSR count). The number of allylic oxidation sites excluding steroid dienone is 14. The molecule has 4 aliphatic rings. The molecule has 0 spiro atoms. The molecule has 56 heavy (non-hydrogen) atoms. The predicted octanol–water partition coefficient (Wildman–Crippen LogP) is 15.2. The average Bonchev–Trinajstić information content (AvgIpc) is 3.62. The Bertz CT molecular complexity index is 2540. The van der Waals surface area contributed by atoms with Gasteiger partial charge in [0.05, 0.1) is 0 Å². The Morgan fingerprint density at radius 3 is 2.05 bits per heavy atom. The summed E-state index contributed by atoms with van der Waals surface area (Å²) >= 11 is 0. The molecule has 5 aromatic carbocycles. The Hall–Kier alpha value is -6.18. The molecule has 0 saturated heterocycles. The Kier molecular flexibility index (Phi) is 9.61. The first kappa shape index (κ1) is 35.5. The van der Waals surface area contributed by atoms with Gasteiger partial charge in [0, 0.05) is 17.1 Å². The van der Waals surface area contributed by atoms with Crippen molar-refractivity contribution in [3.63, 3.8) is 0 Å². The highest BCUT2D eigenvalue weighted by atomic mass is 15.1. The van der Waals surface area contributed by atoms with E-state index in [1.807, 2.05) is 6.08 Å². The molecule has 2 atom stereocenters. The maximum atomic E-state index is 4.39. The van der Waals surface area contributed by atoms with Gasteiger partial charge in [-0.05, 0) is 159 Å². The zero-order chi connectivity index (χ0) is 38.2. The van der Waals surface area contributed by atoms with E-state index in [1.54, 1.807) is 5.57 Å². The molecule has 1 nitrogen and oxygen atoms in total. The van der Waals surface area contributed by atoms with Gasteiger partial charge in [0.15, 0.2) is 0 Å². The predicted molar refractivity (Wildman–Crippen MR) is 241 cm³/mol. The number of fused-ring (bicyclic) bond motifs is 2. The molecule has 5 aromatic rings. The molecular weight excluding hydrogens is 675 g/mol. The van der Waals surface area contributed by atoms with Crippen molar-refractivity contribution in [3.8, 4) is 22.3 Å². The number of hydrogen-bond donors (Lipinski definition) is 0. The quantitative estimate of drug-likeness (QED) is 0.154. The fourth-order valence-electron chi connectivity index (χ4n) is 9.15. The first-order valence-electron chi connectivity index (χ1n) is 20.3. The maximum absolute atomic E-state index is 4.39. The minimum atomic E-state index is 0.399. The zero-order valence-electron chi connectivity index (χ0n) is 32.6. The maximum Gasteiger partial charge on any atom is 0.0467 e. The van der Waals surface area contributed by atoms with Gasteiger partial charge in [-0.25, -0.2) is 0 Å². The Labute approximate surface area is 333 Å². The highest BCUT2D eigenvalue weighted by Crippen LogP contribution is 2.45. The molecule has 0 aliphatic heterocycles. The van der Waals surface area contributed by atoms with Gasteiger partial charge < -0.3 is 4.90 Å². The monoisotopic (exact) mass is 723 g/mol. The van der Waals surface area contributed by atoms with Crippen LogP contribution < -0.4 is 4.90 Å². The molecule has 0 radical (unpaired) electrons. The van der Waals surface area contributed by atoms with Crippen LogP contribution >= 0.6 is 0 Å². The van der Waals surface area contributed by atoms with Gasteiger partial charge in [0.1, 0.15) is 0 Å². The first-order chi connectivity index (χ1) is 27.4. The van der Waals surface area contributed by atoms with Gasteiger partial charge in [-0.1, -0.05) is 154 Å². The number of benzene rings is 5. The second-order valence-electron chi connectivity index (χ2n) is 15.8. The van der Waals surface area contributed by atoms with Gasteiger partial charge in [0.2, 0.25) is 0 Å². The molecule has 0 fully saturated rings. The molecule has 4 aliphatic carbocycles. The fourth-order valence-corrected chi connectivity index (χ4v) is 9.15. The highest BCUT2D eigenvalue weighted by Gasteiger charge is 2.27. The van der Waals surface area contributed by atoms with Crippen molar-refractivity contribution in [2.45, 2.75) is 46.0 Å². The molecule has 1 heteroatoms. The third kappa shape index (κ3) is 6.73. The molecule has 0 bridgehead atoms. The summed E-state index contributed by atoms with van der Waals surface area (Å²) in [5.74, 6) is 0.982. The molecule has 0 heterocycles. The lowest BCUT2D eigenvalue weighted by atomic mass is 9.81. The smallest absolute Gasteiger partial charge is 0.0467 e. The normalized spacial score (nSPS) is 19.4. The molecule has 0 N–H and O–H groups in total. The summed E-state index contributed by atoms with van der Waals surface area (Å²) in [5, 5.41) is 0. The van der Waals surface area contributed by atoms with Gasteiger partial charge in [0.25, 0.3) is 0 Å². The van der Waals surface area contributed by atoms with Crippen LogP contribution in [-0.2, 0) is 6.42 Å². The summed E-state index contributed by atoms with van der Waals surface area (Å²) in [5.41, 5.74) is 21.3. The average molecular weight is 724 g/mol. The van der Waals surface area contributed by atoms with E-state index in [1.165, 1.54) is 72.5 Å². The van der Waals surface area contributed by atoms with E-state index >= 15 is 0 Å². The summed E-state index contributed by atoms with van der Waals surface area (Å²) < 4.78 is 0. The van der Waals surface area contributed by atoms with E-state index in [4.69, 9.17) is 0 Å². The minimum Gasteiger partial charge on any atom is -0.310 e. The van der Waals surface area contributed by atoms with E-state index in [0.29, 0.717) is 11.8 Å². The first-order valence-corrected chi connectivity index (χ1v) is 20.3. The van der Waals surface area contributed by atoms with Crippen molar-refractivity contribution in [1.82, 2.24) is 0 Å². The van der Waals surface area contributed by atoms with Crippen molar-refractivity contribution in [1.29, 1.82) is 0 Å². The topological polar surface area (TPSA) is 3.24 Å². The van der Waals surface area contributed by atoms with E-state index in [9.17, 15) is 0 Å². The van der Waals surface area contributed by atoms with E-state index in [2.05, 4.69) is 190 Å². The molecule has 0 amide bonds. The molecule has 0 aromatic heterocycles. The summed E-state index contributed by atoms with van der Waals surface area (Å²) in [6.45, 7) is 13.3. The third-order valence-electron chi connectivity index (χ3n) is 12.2. The summed E-state index contributed by atoms with van der Waals surface area (Å²) in [7, 11) is 0.